The summed E-state index contributed by atoms with van der Waals surface area (Å²) in [6, 6.07) is 6.36. The second-order valence-electron chi connectivity index (χ2n) is 4.06. The van der Waals surface area contributed by atoms with Crippen LogP contribution in [0.5, 0.6) is 5.75 Å². The topological polar surface area (TPSA) is 66.6 Å². The summed E-state index contributed by atoms with van der Waals surface area (Å²) >= 11 is 1.59. The summed E-state index contributed by atoms with van der Waals surface area (Å²) in [6.07, 6.45) is 0. The highest BCUT2D eigenvalue weighted by Gasteiger charge is 2.15. The number of carbonyl (C=O) groups excluding carboxylic acids is 1. The van der Waals surface area contributed by atoms with Crippen molar-refractivity contribution in [2.24, 2.45) is 0 Å². The molecule has 0 saturated carbocycles. The summed E-state index contributed by atoms with van der Waals surface area (Å²) in [7, 11) is 1.71. The number of benzene rings is 1. The summed E-state index contributed by atoms with van der Waals surface area (Å²) in [5.41, 5.74) is 7.52. The molecule has 0 aliphatic heterocycles. The van der Waals surface area contributed by atoms with E-state index in [9.17, 15) is 9.90 Å². The van der Waals surface area contributed by atoms with E-state index in [4.69, 9.17) is 5.73 Å². The summed E-state index contributed by atoms with van der Waals surface area (Å²) in [5, 5.41) is 13.4. The average molecular weight is 262 g/mol. The number of hydrogen-bond acceptors (Lipinski definition) is 4. The van der Waals surface area contributed by atoms with Crippen LogP contribution in [-0.2, 0) is 6.54 Å². The largest absolute Gasteiger partial charge is 0.508 e. The Balaban J connectivity index is 2.17. The van der Waals surface area contributed by atoms with Crippen molar-refractivity contribution < 1.29 is 9.90 Å². The maximum atomic E-state index is 12.2. The Bertz CT molecular complexity index is 552. The second-order valence-corrected chi connectivity index (χ2v) is 4.84. The van der Waals surface area contributed by atoms with Gasteiger partial charge in [-0.15, -0.1) is 0 Å². The van der Waals surface area contributed by atoms with Gasteiger partial charge in [0.05, 0.1) is 5.56 Å². The van der Waals surface area contributed by atoms with Crippen LogP contribution in [0.1, 0.15) is 15.9 Å². The molecular formula is C13H14N2O2S. The molecular weight excluding hydrogens is 248 g/mol. The fourth-order valence-corrected chi connectivity index (χ4v) is 2.32. The number of phenolic OH excluding ortho intramolecular Hbond substituents is 1. The third-order valence-corrected chi connectivity index (χ3v) is 3.35. The van der Waals surface area contributed by atoms with Gasteiger partial charge in [0.15, 0.2) is 0 Å². The van der Waals surface area contributed by atoms with E-state index < -0.39 is 0 Å². The zero-order valence-corrected chi connectivity index (χ0v) is 10.8. The Morgan fingerprint density at radius 3 is 2.89 bits per heavy atom. The quantitative estimate of drug-likeness (QED) is 0.659. The SMILES string of the molecule is CN(Cc1ccsc1)C(=O)c1cc(O)ccc1N. The minimum Gasteiger partial charge on any atom is -0.508 e. The predicted octanol–water partition coefficient (Wildman–Crippen LogP) is 2.31. The average Bonchev–Trinajstić information content (AvgIpc) is 2.84. The van der Waals surface area contributed by atoms with Gasteiger partial charge in [0, 0.05) is 19.3 Å². The van der Waals surface area contributed by atoms with Crippen LogP contribution in [0, 0.1) is 0 Å². The van der Waals surface area contributed by atoms with Gasteiger partial charge in [-0.05, 0) is 40.6 Å². The van der Waals surface area contributed by atoms with E-state index in [0.29, 0.717) is 17.8 Å². The number of phenols is 1. The van der Waals surface area contributed by atoms with Crippen molar-refractivity contribution >= 4 is 22.9 Å². The number of anilines is 1. The molecule has 0 bridgehead atoms. The third kappa shape index (κ3) is 2.62. The first kappa shape index (κ1) is 12.4. The molecule has 1 aromatic heterocycles. The van der Waals surface area contributed by atoms with Crippen LogP contribution < -0.4 is 5.73 Å². The molecule has 0 atom stereocenters. The number of amides is 1. The molecule has 0 saturated heterocycles. The van der Waals surface area contributed by atoms with Gasteiger partial charge >= 0.3 is 0 Å². The maximum Gasteiger partial charge on any atom is 0.256 e. The molecule has 0 aliphatic carbocycles. The fourth-order valence-electron chi connectivity index (χ4n) is 1.66. The van der Waals surface area contributed by atoms with Crippen molar-refractivity contribution in [2.75, 3.05) is 12.8 Å². The van der Waals surface area contributed by atoms with Crippen molar-refractivity contribution in [3.63, 3.8) is 0 Å². The van der Waals surface area contributed by atoms with Crippen LogP contribution in [0.4, 0.5) is 5.69 Å². The second kappa shape index (κ2) is 5.10. The number of hydrogen-bond donors (Lipinski definition) is 2. The van der Waals surface area contributed by atoms with Crippen LogP contribution in [0.15, 0.2) is 35.0 Å². The van der Waals surface area contributed by atoms with E-state index in [1.807, 2.05) is 16.8 Å². The third-order valence-electron chi connectivity index (χ3n) is 2.61. The monoisotopic (exact) mass is 262 g/mol. The Kier molecular flexibility index (Phi) is 3.53. The molecule has 18 heavy (non-hydrogen) atoms. The minimum atomic E-state index is -0.199. The molecule has 0 spiro atoms. The van der Waals surface area contributed by atoms with Crippen LogP contribution in [0.3, 0.4) is 0 Å². The van der Waals surface area contributed by atoms with E-state index >= 15 is 0 Å². The van der Waals surface area contributed by atoms with Crippen LogP contribution in [0.2, 0.25) is 0 Å². The number of aromatic hydroxyl groups is 1. The highest BCUT2D eigenvalue weighted by molar-refractivity contribution is 7.07. The number of carbonyl (C=O) groups is 1. The lowest BCUT2D eigenvalue weighted by Crippen LogP contribution is -2.26. The molecule has 1 heterocycles. The molecule has 0 radical (unpaired) electrons. The predicted molar refractivity (Wildman–Crippen MR) is 72.6 cm³/mol. The molecule has 5 heteroatoms. The van der Waals surface area contributed by atoms with E-state index in [1.165, 1.54) is 18.2 Å². The summed E-state index contributed by atoms with van der Waals surface area (Å²) in [4.78, 5) is 13.8. The van der Waals surface area contributed by atoms with Gasteiger partial charge < -0.3 is 15.7 Å². The van der Waals surface area contributed by atoms with Crippen molar-refractivity contribution in [1.82, 2.24) is 4.90 Å². The van der Waals surface area contributed by atoms with E-state index in [2.05, 4.69) is 0 Å². The molecule has 0 aliphatic rings. The lowest BCUT2D eigenvalue weighted by Gasteiger charge is -2.17. The first-order valence-corrected chi connectivity index (χ1v) is 6.37. The minimum absolute atomic E-state index is 0.0384. The van der Waals surface area contributed by atoms with Crippen molar-refractivity contribution in [2.45, 2.75) is 6.54 Å². The molecule has 4 nitrogen and oxygen atoms in total. The van der Waals surface area contributed by atoms with Crippen molar-refractivity contribution in [3.8, 4) is 5.75 Å². The Labute approximate surface area is 109 Å². The fraction of sp³-hybridized carbons (Fsp3) is 0.154. The van der Waals surface area contributed by atoms with E-state index in [1.54, 1.807) is 23.3 Å². The number of rotatable bonds is 3. The summed E-state index contributed by atoms with van der Waals surface area (Å²) in [6.45, 7) is 0.525. The Morgan fingerprint density at radius 1 is 1.44 bits per heavy atom. The van der Waals surface area contributed by atoms with Gasteiger partial charge in [0.2, 0.25) is 0 Å². The first-order chi connectivity index (χ1) is 8.58. The lowest BCUT2D eigenvalue weighted by molar-refractivity contribution is 0.0786. The number of thiophene rings is 1. The Hall–Kier alpha value is -2.01. The van der Waals surface area contributed by atoms with Crippen molar-refractivity contribution in [1.29, 1.82) is 0 Å². The smallest absolute Gasteiger partial charge is 0.256 e. The molecule has 1 amide bonds. The van der Waals surface area contributed by atoms with Gasteiger partial charge in [-0.2, -0.15) is 11.3 Å². The van der Waals surface area contributed by atoms with Crippen molar-refractivity contribution in [3.05, 3.63) is 46.2 Å². The van der Waals surface area contributed by atoms with E-state index in [0.717, 1.165) is 5.56 Å². The van der Waals surface area contributed by atoms with Gasteiger partial charge in [0.25, 0.3) is 5.91 Å². The lowest BCUT2D eigenvalue weighted by atomic mass is 10.1. The zero-order chi connectivity index (χ0) is 13.1. The summed E-state index contributed by atoms with van der Waals surface area (Å²) < 4.78 is 0. The van der Waals surface area contributed by atoms with E-state index in [-0.39, 0.29) is 11.7 Å². The normalized spacial score (nSPS) is 10.3. The standard InChI is InChI=1S/C13H14N2O2S/c1-15(7-9-4-5-18-8-9)13(17)11-6-10(16)2-3-12(11)14/h2-6,8,16H,7,14H2,1H3. The van der Waals surface area contributed by atoms with Crippen LogP contribution in [0.25, 0.3) is 0 Å². The number of nitrogens with zero attached hydrogens (tertiary/aromatic N) is 1. The zero-order valence-electron chi connectivity index (χ0n) is 9.96. The number of nitrogens with two attached hydrogens (primary N) is 1. The van der Waals surface area contributed by atoms with Gasteiger partial charge in [-0.25, -0.2) is 0 Å². The summed E-state index contributed by atoms with van der Waals surface area (Å²) in [5.74, 6) is -0.161. The molecule has 3 N–H and O–H groups in total. The molecule has 1 aromatic carbocycles. The van der Waals surface area contributed by atoms with Gasteiger partial charge in [0.1, 0.15) is 5.75 Å². The number of nitrogen functional groups attached to an aromatic ring is 1. The Morgan fingerprint density at radius 2 is 2.22 bits per heavy atom. The molecule has 94 valence electrons. The maximum absolute atomic E-state index is 12.2. The van der Waals surface area contributed by atoms with Gasteiger partial charge in [-0.3, -0.25) is 4.79 Å². The van der Waals surface area contributed by atoms with Gasteiger partial charge in [-0.1, -0.05) is 0 Å². The highest BCUT2D eigenvalue weighted by Crippen LogP contribution is 2.20. The van der Waals surface area contributed by atoms with Crippen LogP contribution >= 0.6 is 11.3 Å². The highest BCUT2D eigenvalue weighted by atomic mass is 32.1. The molecule has 0 unspecified atom stereocenters. The first-order valence-electron chi connectivity index (χ1n) is 5.43. The molecule has 0 fully saturated rings. The molecule has 2 aromatic rings. The molecule has 2 rings (SSSR count). The van der Waals surface area contributed by atoms with Crippen LogP contribution in [-0.4, -0.2) is 23.0 Å².